The third kappa shape index (κ3) is 4.43. The molecule has 0 fully saturated rings. The Morgan fingerprint density at radius 1 is 0.404 bits per heavy atom. The fourth-order valence-corrected chi connectivity index (χ4v) is 9.06. The summed E-state index contributed by atoms with van der Waals surface area (Å²) in [5.41, 5.74) is 6.89. The molecule has 52 heavy (non-hydrogen) atoms. The lowest BCUT2D eigenvalue weighted by Gasteiger charge is -2.15. The maximum absolute atomic E-state index is 6.27. The number of rotatable bonds is 4. The molecule has 0 saturated carbocycles. The highest BCUT2D eigenvalue weighted by molar-refractivity contribution is 7.26. The van der Waals surface area contributed by atoms with E-state index in [1.54, 1.807) is 0 Å². The number of aromatic nitrogens is 3. The Morgan fingerprint density at radius 3 is 1.87 bits per heavy atom. The Hall–Kier alpha value is -6.69. The Labute approximate surface area is 302 Å². The zero-order valence-corrected chi connectivity index (χ0v) is 28.6. The Morgan fingerprint density at radius 2 is 1.00 bits per heavy atom. The van der Waals surface area contributed by atoms with Crippen LogP contribution in [0.4, 0.5) is 0 Å². The maximum atomic E-state index is 6.27. The third-order valence-electron chi connectivity index (χ3n) is 10.1. The van der Waals surface area contributed by atoms with E-state index in [9.17, 15) is 0 Å². The zero-order chi connectivity index (χ0) is 34.2. The van der Waals surface area contributed by atoms with Gasteiger partial charge in [0.05, 0.1) is 0 Å². The van der Waals surface area contributed by atoms with E-state index in [4.69, 9.17) is 19.4 Å². The summed E-state index contributed by atoms with van der Waals surface area (Å²) in [5, 5.41) is 9.34. The molecule has 8 aromatic carbocycles. The first-order valence-corrected chi connectivity index (χ1v) is 18.2. The van der Waals surface area contributed by atoms with Crippen molar-refractivity contribution in [3.05, 3.63) is 164 Å². The molecule has 11 rings (SSSR count). The highest BCUT2D eigenvalue weighted by atomic mass is 32.1. The normalized spacial score (nSPS) is 11.8. The molecule has 0 amide bonds. The molecule has 0 N–H and O–H groups in total. The van der Waals surface area contributed by atoms with Crippen molar-refractivity contribution >= 4 is 75.0 Å². The first-order valence-electron chi connectivity index (χ1n) is 17.4. The Kier molecular flexibility index (Phi) is 6.39. The molecule has 0 radical (unpaired) electrons. The van der Waals surface area contributed by atoms with E-state index in [0.717, 1.165) is 49.4 Å². The van der Waals surface area contributed by atoms with E-state index in [0.29, 0.717) is 17.5 Å². The molecule has 0 aliphatic carbocycles. The minimum atomic E-state index is 0.607. The van der Waals surface area contributed by atoms with Crippen molar-refractivity contribution in [3.63, 3.8) is 0 Å². The molecule has 0 spiro atoms. The number of para-hydroxylation sites is 1. The van der Waals surface area contributed by atoms with Gasteiger partial charge in [-0.05, 0) is 51.4 Å². The lowest BCUT2D eigenvalue weighted by Crippen LogP contribution is -2.01. The average Bonchev–Trinajstić information content (AvgIpc) is 3.78. The summed E-state index contributed by atoms with van der Waals surface area (Å²) in [7, 11) is 0. The van der Waals surface area contributed by atoms with Gasteiger partial charge in [0.15, 0.2) is 17.5 Å². The third-order valence-corrected chi connectivity index (χ3v) is 11.3. The van der Waals surface area contributed by atoms with Crippen molar-refractivity contribution in [2.24, 2.45) is 0 Å². The lowest BCUT2D eigenvalue weighted by molar-refractivity contribution is 0.669. The van der Waals surface area contributed by atoms with E-state index in [-0.39, 0.29) is 0 Å². The van der Waals surface area contributed by atoms with Gasteiger partial charge in [-0.15, -0.1) is 11.3 Å². The standard InChI is InChI=1S/C47H27N3OS/c1-2-13-28(14-3-1)45-48-46(50-47(49-45)37-23-12-25-40-42(37)36-18-6-8-24-39(36)51-40)35-22-11-19-31-32(35)20-10-21-34(31)43-30-16-5-4-15-29(30)27-38-33-17-7-9-26-41(33)52-44(38)43/h1-27H. The van der Waals surface area contributed by atoms with Crippen molar-refractivity contribution in [2.75, 3.05) is 0 Å². The summed E-state index contributed by atoms with van der Waals surface area (Å²) < 4.78 is 8.86. The fraction of sp³-hybridized carbons (Fsp3) is 0. The molecule has 4 nitrogen and oxygen atoms in total. The highest BCUT2D eigenvalue weighted by Crippen LogP contribution is 2.46. The van der Waals surface area contributed by atoms with Crippen LogP contribution in [-0.2, 0) is 0 Å². The number of hydrogen-bond donors (Lipinski definition) is 0. The summed E-state index contributed by atoms with van der Waals surface area (Å²) in [6, 6.07) is 57.3. The van der Waals surface area contributed by atoms with Gasteiger partial charge < -0.3 is 4.42 Å². The first kappa shape index (κ1) is 29.1. The molecule has 3 heterocycles. The van der Waals surface area contributed by atoms with Crippen molar-refractivity contribution in [1.82, 2.24) is 15.0 Å². The summed E-state index contributed by atoms with van der Waals surface area (Å²) in [6.07, 6.45) is 0. The molecular weight excluding hydrogens is 655 g/mol. The molecule has 11 aromatic rings. The van der Waals surface area contributed by atoms with Gasteiger partial charge in [0.2, 0.25) is 0 Å². The summed E-state index contributed by atoms with van der Waals surface area (Å²) in [5.74, 6) is 1.86. The van der Waals surface area contributed by atoms with Gasteiger partial charge in [0.25, 0.3) is 0 Å². The maximum Gasteiger partial charge on any atom is 0.164 e. The molecule has 0 aliphatic rings. The second kappa shape index (κ2) is 11.4. The van der Waals surface area contributed by atoms with Gasteiger partial charge in [0.1, 0.15) is 11.2 Å². The van der Waals surface area contributed by atoms with Crippen LogP contribution < -0.4 is 0 Å². The predicted octanol–water partition coefficient (Wildman–Crippen LogP) is 13.1. The van der Waals surface area contributed by atoms with E-state index in [1.807, 2.05) is 59.9 Å². The van der Waals surface area contributed by atoms with Crippen molar-refractivity contribution in [1.29, 1.82) is 0 Å². The largest absolute Gasteiger partial charge is 0.456 e. The summed E-state index contributed by atoms with van der Waals surface area (Å²) in [4.78, 5) is 15.5. The van der Waals surface area contributed by atoms with Gasteiger partial charge in [-0.3, -0.25) is 0 Å². The number of hydrogen-bond acceptors (Lipinski definition) is 5. The van der Waals surface area contributed by atoms with Crippen LogP contribution in [0.15, 0.2) is 168 Å². The molecular formula is C47H27N3OS. The number of furan rings is 1. The van der Waals surface area contributed by atoms with Gasteiger partial charge >= 0.3 is 0 Å². The Balaban J connectivity index is 1.19. The van der Waals surface area contributed by atoms with Crippen LogP contribution in [0.2, 0.25) is 0 Å². The van der Waals surface area contributed by atoms with Gasteiger partial charge in [-0.25, -0.2) is 15.0 Å². The molecule has 0 atom stereocenters. The van der Waals surface area contributed by atoms with Gasteiger partial charge in [-0.1, -0.05) is 140 Å². The van der Waals surface area contributed by atoms with Crippen LogP contribution >= 0.6 is 11.3 Å². The predicted molar refractivity (Wildman–Crippen MR) is 217 cm³/mol. The lowest BCUT2D eigenvalue weighted by atomic mass is 9.91. The van der Waals surface area contributed by atoms with Crippen molar-refractivity contribution in [2.45, 2.75) is 0 Å². The quantitative estimate of drug-likeness (QED) is 0.185. The minimum absolute atomic E-state index is 0.607. The van der Waals surface area contributed by atoms with E-state index < -0.39 is 0 Å². The van der Waals surface area contributed by atoms with Crippen molar-refractivity contribution < 1.29 is 4.42 Å². The van der Waals surface area contributed by atoms with Crippen LogP contribution in [-0.4, -0.2) is 15.0 Å². The number of fused-ring (bicyclic) bond motifs is 8. The number of thiophene rings is 1. The molecule has 3 aromatic heterocycles. The second-order valence-electron chi connectivity index (χ2n) is 13.1. The Bertz CT molecular complexity index is 3200. The van der Waals surface area contributed by atoms with Gasteiger partial charge in [-0.2, -0.15) is 0 Å². The average molecular weight is 682 g/mol. The monoisotopic (exact) mass is 681 g/mol. The highest BCUT2D eigenvalue weighted by Gasteiger charge is 2.21. The van der Waals surface area contributed by atoms with Crippen LogP contribution in [0.5, 0.6) is 0 Å². The van der Waals surface area contributed by atoms with E-state index in [1.165, 1.54) is 42.1 Å². The fourth-order valence-electron chi connectivity index (χ4n) is 7.81. The second-order valence-corrected chi connectivity index (χ2v) is 14.2. The number of benzene rings is 8. The zero-order valence-electron chi connectivity index (χ0n) is 27.7. The minimum Gasteiger partial charge on any atom is -0.456 e. The van der Waals surface area contributed by atoms with Gasteiger partial charge in [0, 0.05) is 53.2 Å². The van der Waals surface area contributed by atoms with E-state index >= 15 is 0 Å². The number of nitrogens with zero attached hydrogens (tertiary/aromatic N) is 3. The first-order chi connectivity index (χ1) is 25.8. The molecule has 5 heteroatoms. The van der Waals surface area contributed by atoms with Crippen LogP contribution in [0.3, 0.4) is 0 Å². The smallest absolute Gasteiger partial charge is 0.164 e. The van der Waals surface area contributed by atoms with Crippen LogP contribution in [0.1, 0.15) is 0 Å². The molecule has 0 bridgehead atoms. The molecule has 0 saturated heterocycles. The van der Waals surface area contributed by atoms with E-state index in [2.05, 4.69) is 115 Å². The SMILES string of the molecule is c1ccc(-c2nc(-c3cccc4c(-c5c6ccccc6cc6c5sc5ccccc56)cccc34)nc(-c3cccc4oc5ccccc5c34)n2)cc1. The van der Waals surface area contributed by atoms with Crippen LogP contribution in [0, 0.1) is 0 Å². The van der Waals surface area contributed by atoms with Crippen molar-refractivity contribution in [3.8, 4) is 45.3 Å². The topological polar surface area (TPSA) is 51.8 Å². The van der Waals surface area contributed by atoms with Crippen LogP contribution in [0.25, 0.3) is 109 Å². The summed E-state index contributed by atoms with van der Waals surface area (Å²) in [6.45, 7) is 0. The molecule has 242 valence electrons. The molecule has 0 aliphatic heterocycles. The summed E-state index contributed by atoms with van der Waals surface area (Å²) >= 11 is 1.87. The molecule has 0 unspecified atom stereocenters.